The second-order valence-corrected chi connectivity index (χ2v) is 13.1. The summed E-state index contributed by atoms with van der Waals surface area (Å²) in [4.78, 5) is 29.4. The second kappa shape index (κ2) is 15.0. The smallest absolute Gasteiger partial charge is 0.264 e. The van der Waals surface area contributed by atoms with Crippen molar-refractivity contribution in [2.24, 2.45) is 0 Å². The molecule has 0 fully saturated rings. The highest BCUT2D eigenvalue weighted by atomic mass is 32.2. The van der Waals surface area contributed by atoms with Crippen LogP contribution in [-0.2, 0) is 32.6 Å². The molecule has 2 amide bonds. The topological polar surface area (TPSA) is 105 Å². The van der Waals surface area contributed by atoms with E-state index >= 15 is 0 Å². The van der Waals surface area contributed by atoms with Gasteiger partial charge in [-0.3, -0.25) is 13.9 Å². The molecule has 4 rings (SSSR count). The van der Waals surface area contributed by atoms with Gasteiger partial charge >= 0.3 is 0 Å². The maximum Gasteiger partial charge on any atom is 0.264 e. The first kappa shape index (κ1) is 34.1. The Kier molecular flexibility index (Phi) is 11.1. The number of carbonyl (C=O) groups excluding carboxylic acids is 2. The summed E-state index contributed by atoms with van der Waals surface area (Å²) < 4.78 is 40.6. The Morgan fingerprint density at radius 2 is 1.41 bits per heavy atom. The molecule has 0 aliphatic rings. The highest BCUT2D eigenvalue weighted by molar-refractivity contribution is 7.92. The molecule has 4 aromatic carbocycles. The summed E-state index contributed by atoms with van der Waals surface area (Å²) in [6.45, 7) is 5.24. The summed E-state index contributed by atoms with van der Waals surface area (Å²) in [6, 6.07) is 25.9. The molecule has 0 bridgehead atoms. The largest absolute Gasteiger partial charge is 0.493 e. The molecule has 1 atom stereocenters. The van der Waals surface area contributed by atoms with Gasteiger partial charge in [0.2, 0.25) is 11.8 Å². The molecule has 4 aromatic rings. The number of nitrogens with one attached hydrogen (secondary N) is 1. The van der Waals surface area contributed by atoms with Gasteiger partial charge in [-0.25, -0.2) is 8.42 Å². The van der Waals surface area contributed by atoms with Crippen molar-refractivity contribution in [2.75, 3.05) is 32.1 Å². The Hall–Kier alpha value is -4.83. The predicted molar refractivity (Wildman–Crippen MR) is 180 cm³/mol. The van der Waals surface area contributed by atoms with Gasteiger partial charge in [-0.15, -0.1) is 0 Å². The van der Waals surface area contributed by atoms with E-state index in [2.05, 4.69) is 5.32 Å². The number of carbonyl (C=O) groups is 2. The summed E-state index contributed by atoms with van der Waals surface area (Å²) in [5, 5.41) is 2.71. The van der Waals surface area contributed by atoms with Gasteiger partial charge in [0, 0.05) is 26.1 Å². The number of rotatable bonds is 13. The third-order valence-corrected chi connectivity index (χ3v) is 9.44. The first-order valence-electron chi connectivity index (χ1n) is 14.9. The van der Waals surface area contributed by atoms with Crippen LogP contribution in [0.15, 0.2) is 95.9 Å². The molecule has 0 radical (unpaired) electrons. The van der Waals surface area contributed by atoms with Crippen molar-refractivity contribution in [3.05, 3.63) is 119 Å². The molecule has 9 nitrogen and oxygen atoms in total. The third-order valence-electron chi connectivity index (χ3n) is 7.67. The van der Waals surface area contributed by atoms with Crippen LogP contribution in [0.2, 0.25) is 0 Å². The summed E-state index contributed by atoms with van der Waals surface area (Å²) in [5.74, 6) is -0.284. The van der Waals surface area contributed by atoms with Crippen LogP contribution in [0.3, 0.4) is 0 Å². The summed E-state index contributed by atoms with van der Waals surface area (Å²) in [7, 11) is 0.104. The van der Waals surface area contributed by atoms with Crippen LogP contribution in [0.4, 0.5) is 5.69 Å². The second-order valence-electron chi connectivity index (χ2n) is 11.2. The quantitative estimate of drug-likeness (QED) is 0.215. The van der Waals surface area contributed by atoms with Crippen LogP contribution >= 0.6 is 0 Å². The molecule has 0 aliphatic heterocycles. The zero-order valence-corrected chi connectivity index (χ0v) is 27.9. The zero-order chi connectivity index (χ0) is 33.4. The monoisotopic (exact) mass is 643 g/mol. The highest BCUT2D eigenvalue weighted by Gasteiger charge is 2.35. The molecule has 0 heterocycles. The molecule has 242 valence electrons. The van der Waals surface area contributed by atoms with Crippen molar-refractivity contribution in [1.82, 2.24) is 10.2 Å². The minimum absolute atomic E-state index is 0.0746. The molecule has 0 spiro atoms. The van der Waals surface area contributed by atoms with Crippen LogP contribution < -0.4 is 19.1 Å². The average molecular weight is 644 g/mol. The Morgan fingerprint density at radius 3 is 2.02 bits per heavy atom. The first-order chi connectivity index (χ1) is 22.0. The molecule has 0 aliphatic carbocycles. The van der Waals surface area contributed by atoms with Gasteiger partial charge in [-0.1, -0.05) is 66.2 Å². The van der Waals surface area contributed by atoms with Crippen molar-refractivity contribution in [2.45, 2.75) is 44.7 Å². The Balaban J connectivity index is 1.84. The zero-order valence-electron chi connectivity index (χ0n) is 27.1. The van der Waals surface area contributed by atoms with Crippen molar-refractivity contribution >= 4 is 27.5 Å². The first-order valence-corrected chi connectivity index (χ1v) is 16.3. The summed E-state index contributed by atoms with van der Waals surface area (Å²) >= 11 is 0. The Bertz CT molecular complexity index is 1770. The predicted octanol–water partition coefficient (Wildman–Crippen LogP) is 5.21. The van der Waals surface area contributed by atoms with Gasteiger partial charge in [0.1, 0.15) is 12.6 Å². The fraction of sp³-hybridized carbons (Fsp3) is 0.278. The number of methoxy groups -OCH3 is 2. The lowest BCUT2D eigenvalue weighted by molar-refractivity contribution is -0.139. The molecule has 1 N–H and O–H groups in total. The maximum atomic E-state index is 14.5. The number of hydrogen-bond donors (Lipinski definition) is 1. The van der Waals surface area contributed by atoms with Gasteiger partial charge in [0.05, 0.1) is 24.8 Å². The number of nitrogens with zero attached hydrogens (tertiary/aromatic N) is 2. The Morgan fingerprint density at radius 1 is 0.761 bits per heavy atom. The molecule has 46 heavy (non-hydrogen) atoms. The van der Waals surface area contributed by atoms with Crippen LogP contribution in [0.1, 0.15) is 27.8 Å². The minimum atomic E-state index is -4.31. The van der Waals surface area contributed by atoms with Crippen LogP contribution in [0, 0.1) is 20.8 Å². The van der Waals surface area contributed by atoms with Crippen LogP contribution in [-0.4, -0.2) is 59.0 Å². The Labute approximate surface area is 271 Å². The number of anilines is 1. The van der Waals surface area contributed by atoms with E-state index in [9.17, 15) is 18.0 Å². The number of hydrogen-bond acceptors (Lipinski definition) is 6. The lowest BCUT2D eigenvalue weighted by atomic mass is 10.0. The number of sulfonamides is 1. The van der Waals surface area contributed by atoms with Gasteiger partial charge < -0.3 is 19.7 Å². The molecule has 1 unspecified atom stereocenters. The number of amides is 2. The van der Waals surface area contributed by atoms with Crippen LogP contribution in [0.25, 0.3) is 0 Å². The fourth-order valence-electron chi connectivity index (χ4n) is 5.46. The third kappa shape index (κ3) is 8.06. The highest BCUT2D eigenvalue weighted by Crippen LogP contribution is 2.33. The van der Waals surface area contributed by atoms with E-state index < -0.39 is 28.5 Å². The van der Waals surface area contributed by atoms with Crippen LogP contribution in [0.5, 0.6) is 11.5 Å². The molecule has 0 saturated carbocycles. The van der Waals surface area contributed by atoms with Gasteiger partial charge in [0.25, 0.3) is 10.0 Å². The van der Waals surface area contributed by atoms with Gasteiger partial charge in [-0.2, -0.15) is 0 Å². The van der Waals surface area contributed by atoms with Crippen molar-refractivity contribution in [3.8, 4) is 11.5 Å². The number of aryl methyl sites for hydroxylation is 3. The lowest BCUT2D eigenvalue weighted by Crippen LogP contribution is -2.53. The summed E-state index contributed by atoms with van der Waals surface area (Å²) in [5.41, 5.74) is 4.67. The molecule has 0 saturated heterocycles. The number of likely N-dealkylation sites (N-methyl/N-ethyl adjacent to an activating group) is 1. The molecule has 0 aromatic heterocycles. The van der Waals surface area contributed by atoms with E-state index in [4.69, 9.17) is 9.47 Å². The fourth-order valence-corrected chi connectivity index (χ4v) is 6.87. The number of benzene rings is 4. The summed E-state index contributed by atoms with van der Waals surface area (Å²) in [6.07, 6.45) is 0.240. The minimum Gasteiger partial charge on any atom is -0.493 e. The van der Waals surface area contributed by atoms with Crippen molar-refractivity contribution in [1.29, 1.82) is 0 Å². The molecular weight excluding hydrogens is 602 g/mol. The normalized spacial score (nSPS) is 11.8. The van der Waals surface area contributed by atoms with Crippen molar-refractivity contribution in [3.63, 3.8) is 0 Å². The lowest BCUT2D eigenvalue weighted by Gasteiger charge is -2.34. The van der Waals surface area contributed by atoms with E-state index in [-0.39, 0.29) is 29.5 Å². The van der Waals surface area contributed by atoms with Crippen molar-refractivity contribution < 1.29 is 27.5 Å². The van der Waals surface area contributed by atoms with E-state index in [1.807, 2.05) is 81.4 Å². The van der Waals surface area contributed by atoms with Gasteiger partial charge in [-0.05, 0) is 67.3 Å². The van der Waals surface area contributed by atoms with Gasteiger partial charge in [0.15, 0.2) is 11.5 Å². The SMILES string of the molecule is CNC(=O)C(Cc1ccccc1)N(Cc1cccc(C)c1)C(=O)CN(c1cc(C)cc(C)c1)S(=O)(=O)c1ccc(OC)c(OC)c1. The van der Waals surface area contributed by atoms with E-state index in [1.165, 1.54) is 44.4 Å². The average Bonchev–Trinajstić information content (AvgIpc) is 3.04. The van der Waals surface area contributed by atoms with E-state index in [0.717, 1.165) is 32.1 Å². The molecule has 10 heteroatoms. The standard InChI is InChI=1S/C36H41N3O6S/c1-25-11-10-14-29(18-25)23-38(32(36(41)37-4)21-28-12-8-7-9-13-28)35(40)24-39(30-19-26(2)17-27(3)20-30)46(42,43)31-15-16-33(44-5)34(22-31)45-6/h7-20,22,32H,21,23-24H2,1-6H3,(H,37,41). The number of ether oxygens (including phenoxy) is 2. The van der Waals surface area contributed by atoms with E-state index in [1.54, 1.807) is 12.1 Å². The molecular formula is C36H41N3O6S. The van der Waals surface area contributed by atoms with E-state index in [0.29, 0.717) is 11.4 Å². The maximum absolute atomic E-state index is 14.5.